The highest BCUT2D eigenvalue weighted by molar-refractivity contribution is 7.90. The normalized spacial score (nSPS) is 15.9. The predicted molar refractivity (Wildman–Crippen MR) is 248 cm³/mol. The second kappa shape index (κ2) is 35.4. The minimum atomic E-state index is -3.41. The van der Waals surface area contributed by atoms with E-state index in [1.807, 2.05) is 55.4 Å². The molecule has 0 bridgehead atoms. The molecule has 0 saturated heterocycles. The highest BCUT2D eigenvalue weighted by atomic mass is 32.2. The number of unbranched alkanes of at least 4 members (excludes halogenated alkanes) is 4. The summed E-state index contributed by atoms with van der Waals surface area (Å²) in [5.41, 5.74) is 0. The zero-order chi connectivity index (χ0) is 44.8. The quantitative estimate of drug-likeness (QED) is 0.0552. The summed E-state index contributed by atoms with van der Waals surface area (Å²) < 4.78 is 90.4. The lowest BCUT2D eigenvalue weighted by Gasteiger charge is -2.20. The largest absolute Gasteiger partial charge is 0.228 e. The van der Waals surface area contributed by atoms with Gasteiger partial charge in [0, 0.05) is 0 Å². The van der Waals surface area contributed by atoms with Crippen molar-refractivity contribution in [2.24, 2.45) is 44.2 Å². The lowest BCUT2D eigenvalue weighted by molar-refractivity contribution is 0.477. The first-order valence-electron chi connectivity index (χ1n) is 20.2. The van der Waals surface area contributed by atoms with E-state index in [-0.39, 0.29) is 31.1 Å². The van der Waals surface area contributed by atoms with E-state index >= 15 is 0 Å². The van der Waals surface area contributed by atoms with E-state index in [0.717, 1.165) is 51.4 Å². The first-order valence-corrected chi connectivity index (χ1v) is 26.7. The average molecular weight is 893 g/mol. The molecule has 344 valence electrons. The van der Waals surface area contributed by atoms with E-state index in [2.05, 4.69) is 26.3 Å². The summed E-state index contributed by atoms with van der Waals surface area (Å²) in [4.78, 5) is 0. The first kappa shape index (κ1) is 64.7. The van der Waals surface area contributed by atoms with E-state index in [4.69, 9.17) is 20.6 Å². The van der Waals surface area contributed by atoms with Gasteiger partial charge in [-0.05, 0) is 75.0 Å². The summed E-state index contributed by atoms with van der Waals surface area (Å²) >= 11 is 0. The fraction of sp³-hybridized carbons (Fsp3) is 0.805. The number of allylic oxidation sites excluding steroid dienone is 4. The molecular weight excluding hydrogens is 805 g/mol. The van der Waals surface area contributed by atoms with Crippen molar-refractivity contribution in [3.8, 4) is 0 Å². The van der Waals surface area contributed by atoms with Crippen molar-refractivity contribution in [1.82, 2.24) is 0 Å². The molecule has 12 nitrogen and oxygen atoms in total. The van der Waals surface area contributed by atoms with Crippen LogP contribution < -0.4 is 20.6 Å². The molecule has 0 spiro atoms. The van der Waals surface area contributed by atoms with Crippen molar-refractivity contribution in [2.45, 2.75) is 187 Å². The summed E-state index contributed by atoms with van der Waals surface area (Å²) in [7, 11) is -13.6. The molecular formula is C41H88N4O8S4. The molecule has 0 aliphatic heterocycles. The van der Waals surface area contributed by atoms with E-state index in [9.17, 15) is 33.7 Å². The third-order valence-electron chi connectivity index (χ3n) is 9.75. The number of hydrogen-bond donors (Lipinski definition) is 4. The highest BCUT2D eigenvalue weighted by Gasteiger charge is 2.28. The molecule has 0 radical (unpaired) electrons. The van der Waals surface area contributed by atoms with Crippen molar-refractivity contribution >= 4 is 40.1 Å². The molecule has 0 aliphatic rings. The summed E-state index contributed by atoms with van der Waals surface area (Å²) in [6.45, 7) is 30.2. The molecule has 0 rings (SSSR count). The first-order chi connectivity index (χ1) is 25.7. The van der Waals surface area contributed by atoms with Gasteiger partial charge in [-0.15, -0.1) is 26.3 Å². The van der Waals surface area contributed by atoms with E-state index in [0.29, 0.717) is 51.4 Å². The van der Waals surface area contributed by atoms with Gasteiger partial charge < -0.3 is 0 Å². The zero-order valence-corrected chi connectivity index (χ0v) is 39.5. The van der Waals surface area contributed by atoms with Crippen molar-refractivity contribution in [3.05, 3.63) is 50.6 Å². The molecule has 0 heterocycles. The van der Waals surface area contributed by atoms with Gasteiger partial charge in [0.2, 0.25) is 40.1 Å². The monoisotopic (exact) mass is 893 g/mol. The number of primary sulfonamides is 4. The summed E-state index contributed by atoms with van der Waals surface area (Å²) in [6, 6.07) is 0. The number of nitrogens with two attached hydrogens (primary N) is 4. The molecule has 0 aromatic heterocycles. The lowest BCUT2D eigenvalue weighted by Crippen LogP contribution is -2.33. The van der Waals surface area contributed by atoms with Crippen LogP contribution in [0.15, 0.2) is 50.6 Å². The molecule has 8 atom stereocenters. The van der Waals surface area contributed by atoms with Gasteiger partial charge in [0.15, 0.2) is 0 Å². The third-order valence-corrected chi connectivity index (χ3v) is 15.9. The topological polar surface area (TPSA) is 241 Å². The van der Waals surface area contributed by atoms with Crippen molar-refractivity contribution in [1.29, 1.82) is 0 Å². The number of sulfonamides is 4. The van der Waals surface area contributed by atoms with Crippen LogP contribution in [-0.4, -0.2) is 54.7 Å². The molecule has 16 heteroatoms. The maximum absolute atomic E-state index is 11.3. The SMILES string of the molecule is C.C=CC[C@@H](C)[C@@H](CCCC)S(N)(=O)=O.C=CC[C@@H](C)[C@H](CCCC)S(N)(=O)=O.C=CC[C@H](C)[C@@H](CCCC)S(N)(=O)=O.C=CC[C@H](C)[C@H](CCCC)S(N)(=O)=O. The van der Waals surface area contributed by atoms with Crippen LogP contribution in [0.2, 0.25) is 0 Å². The van der Waals surface area contributed by atoms with Crippen LogP contribution in [0.1, 0.15) is 166 Å². The number of rotatable bonds is 28. The molecule has 57 heavy (non-hydrogen) atoms. The predicted octanol–water partition coefficient (Wildman–Crippen LogP) is 8.82. The van der Waals surface area contributed by atoms with Crippen LogP contribution in [0.3, 0.4) is 0 Å². The Bertz CT molecular complexity index is 1260. The van der Waals surface area contributed by atoms with Gasteiger partial charge in [0.1, 0.15) is 0 Å². The Balaban J connectivity index is -0.000000210. The molecule has 0 aromatic rings. The van der Waals surface area contributed by atoms with Gasteiger partial charge in [0.05, 0.1) is 21.0 Å². The van der Waals surface area contributed by atoms with Crippen molar-refractivity contribution in [2.75, 3.05) is 0 Å². The van der Waals surface area contributed by atoms with Gasteiger partial charge in [-0.2, -0.15) is 0 Å². The second-order valence-electron chi connectivity index (χ2n) is 15.1. The second-order valence-corrected chi connectivity index (χ2v) is 22.2. The minimum absolute atomic E-state index is 0. The van der Waals surface area contributed by atoms with E-state index < -0.39 is 61.1 Å². The zero-order valence-electron chi connectivity index (χ0n) is 36.3. The molecule has 0 unspecified atom stereocenters. The Kier molecular flexibility index (Phi) is 40.2. The Morgan fingerprint density at radius 3 is 0.614 bits per heavy atom. The van der Waals surface area contributed by atoms with Crippen LogP contribution in [-0.2, 0) is 40.1 Å². The molecule has 0 saturated carbocycles. The Morgan fingerprint density at radius 1 is 0.386 bits per heavy atom. The Morgan fingerprint density at radius 2 is 0.526 bits per heavy atom. The summed E-state index contributed by atoms with van der Waals surface area (Å²) in [5.74, 6) is 0.256. The summed E-state index contributed by atoms with van der Waals surface area (Å²) in [6.07, 6.45) is 20.0. The fourth-order valence-electron chi connectivity index (χ4n) is 6.37. The summed E-state index contributed by atoms with van der Waals surface area (Å²) in [5, 5.41) is 19.1. The van der Waals surface area contributed by atoms with Gasteiger partial charge in [-0.25, -0.2) is 54.2 Å². The van der Waals surface area contributed by atoms with Crippen LogP contribution in [0, 0.1) is 23.7 Å². The highest BCUT2D eigenvalue weighted by Crippen LogP contribution is 2.23. The minimum Gasteiger partial charge on any atom is -0.228 e. The van der Waals surface area contributed by atoms with Crippen LogP contribution in [0.25, 0.3) is 0 Å². The van der Waals surface area contributed by atoms with Crippen molar-refractivity contribution < 1.29 is 33.7 Å². The standard InChI is InChI=1S/4C10H21NO2S.CH4/c4*1-4-6-8-10(14(11,12)13)9(3)7-5-2;/h4*5,9-10H,2,4,6-8H2,1,3H3,(H2,11,12,13);1H4/t2*9-,10+;2*9-,10-;/m1010./s1. The van der Waals surface area contributed by atoms with Crippen LogP contribution in [0.4, 0.5) is 0 Å². The fourth-order valence-corrected chi connectivity index (χ4v) is 11.4. The van der Waals surface area contributed by atoms with Crippen LogP contribution in [0.5, 0.6) is 0 Å². The number of hydrogen-bond acceptors (Lipinski definition) is 8. The molecule has 8 N–H and O–H groups in total. The smallest absolute Gasteiger partial charge is 0.212 e. The average Bonchev–Trinajstić information content (AvgIpc) is 3.04. The van der Waals surface area contributed by atoms with Crippen LogP contribution >= 0.6 is 0 Å². The molecule has 0 aliphatic carbocycles. The van der Waals surface area contributed by atoms with E-state index in [1.54, 1.807) is 24.3 Å². The molecule has 0 amide bonds. The maximum atomic E-state index is 11.3. The maximum Gasteiger partial charge on any atom is 0.212 e. The van der Waals surface area contributed by atoms with E-state index in [1.165, 1.54) is 0 Å². The lowest BCUT2D eigenvalue weighted by atomic mass is 9.99. The van der Waals surface area contributed by atoms with Gasteiger partial charge in [-0.1, -0.05) is 138 Å². The van der Waals surface area contributed by atoms with Crippen molar-refractivity contribution in [3.63, 3.8) is 0 Å². The van der Waals surface area contributed by atoms with Gasteiger partial charge >= 0.3 is 0 Å². The van der Waals surface area contributed by atoms with Gasteiger partial charge in [0.25, 0.3) is 0 Å². The molecule has 0 fully saturated rings. The van der Waals surface area contributed by atoms with Gasteiger partial charge in [-0.3, -0.25) is 0 Å². The molecule has 0 aromatic carbocycles. The third kappa shape index (κ3) is 34.1. The Labute approximate surface area is 353 Å². The Hall–Kier alpha value is -1.40.